The fraction of sp³-hybridized carbons (Fsp3) is 0.400. The highest BCUT2D eigenvalue weighted by Gasteiger charge is 2.36. The highest BCUT2D eigenvalue weighted by molar-refractivity contribution is 5.95. The number of piperidine rings is 1. The standard InChI is InChI=1S/C20H23N3O2/c1-21(2)17-6-3-5-15(10-17)20(25)22-11-14-9-16(13-22)18-7-4-8-19(24)23(18)12-14/h3-8,10,14,16H,9,11-13H2,1-2H3/t14-,16+/m0/s1. The molecule has 4 rings (SSSR count). The molecule has 1 saturated heterocycles. The lowest BCUT2D eigenvalue weighted by atomic mass is 9.83. The zero-order valence-corrected chi connectivity index (χ0v) is 14.7. The molecule has 2 aliphatic heterocycles. The molecule has 2 bridgehead atoms. The van der Waals surface area contributed by atoms with Crippen LogP contribution in [0.4, 0.5) is 5.69 Å². The van der Waals surface area contributed by atoms with E-state index < -0.39 is 0 Å². The molecular weight excluding hydrogens is 314 g/mol. The van der Waals surface area contributed by atoms with Crippen LogP contribution in [0.3, 0.4) is 0 Å². The van der Waals surface area contributed by atoms with Crippen molar-refractivity contribution in [3.8, 4) is 0 Å². The molecule has 1 amide bonds. The first kappa shape index (κ1) is 15.9. The number of benzene rings is 1. The fourth-order valence-electron chi connectivity index (χ4n) is 4.16. The number of amides is 1. The van der Waals surface area contributed by atoms with E-state index in [1.54, 1.807) is 6.07 Å². The van der Waals surface area contributed by atoms with Gasteiger partial charge in [0.2, 0.25) is 0 Å². The summed E-state index contributed by atoms with van der Waals surface area (Å²) >= 11 is 0. The summed E-state index contributed by atoms with van der Waals surface area (Å²) in [5.41, 5.74) is 2.91. The summed E-state index contributed by atoms with van der Waals surface area (Å²) in [7, 11) is 3.95. The topological polar surface area (TPSA) is 45.6 Å². The van der Waals surface area contributed by atoms with E-state index in [4.69, 9.17) is 0 Å². The normalized spacial score (nSPS) is 21.6. The molecule has 1 aromatic heterocycles. The molecule has 130 valence electrons. The van der Waals surface area contributed by atoms with Crippen LogP contribution in [0.5, 0.6) is 0 Å². The lowest BCUT2D eigenvalue weighted by molar-refractivity contribution is 0.0594. The van der Waals surface area contributed by atoms with E-state index >= 15 is 0 Å². The lowest BCUT2D eigenvalue weighted by Gasteiger charge is -2.42. The van der Waals surface area contributed by atoms with Gasteiger partial charge in [-0.05, 0) is 36.6 Å². The summed E-state index contributed by atoms with van der Waals surface area (Å²) in [5, 5.41) is 0. The minimum atomic E-state index is 0.0747. The quantitative estimate of drug-likeness (QED) is 0.844. The van der Waals surface area contributed by atoms with Crippen LogP contribution >= 0.6 is 0 Å². The number of nitrogens with zero attached hydrogens (tertiary/aromatic N) is 3. The molecule has 0 aliphatic carbocycles. The van der Waals surface area contributed by atoms with Crippen molar-refractivity contribution in [1.82, 2.24) is 9.47 Å². The van der Waals surface area contributed by atoms with E-state index in [1.807, 2.05) is 64.9 Å². The zero-order valence-electron chi connectivity index (χ0n) is 14.7. The summed E-state index contributed by atoms with van der Waals surface area (Å²) in [6, 6.07) is 13.3. The van der Waals surface area contributed by atoms with Crippen LogP contribution in [-0.2, 0) is 6.54 Å². The van der Waals surface area contributed by atoms with Crippen molar-refractivity contribution in [2.45, 2.75) is 18.9 Å². The van der Waals surface area contributed by atoms with E-state index in [0.29, 0.717) is 19.0 Å². The Morgan fingerprint density at radius 1 is 1.08 bits per heavy atom. The molecule has 1 fully saturated rings. The van der Waals surface area contributed by atoms with Crippen LogP contribution in [-0.4, -0.2) is 42.6 Å². The van der Waals surface area contributed by atoms with Gasteiger partial charge in [-0.1, -0.05) is 12.1 Å². The molecular formula is C20H23N3O2. The maximum absolute atomic E-state index is 13.0. The summed E-state index contributed by atoms with van der Waals surface area (Å²) < 4.78 is 1.90. The second kappa shape index (κ2) is 6.06. The average Bonchev–Trinajstić information content (AvgIpc) is 2.62. The van der Waals surface area contributed by atoms with Gasteiger partial charge in [-0.25, -0.2) is 0 Å². The van der Waals surface area contributed by atoms with Crippen molar-refractivity contribution in [2.24, 2.45) is 5.92 Å². The van der Waals surface area contributed by atoms with Crippen molar-refractivity contribution < 1.29 is 4.79 Å². The molecule has 3 heterocycles. The largest absolute Gasteiger partial charge is 0.378 e. The number of hydrogen-bond donors (Lipinski definition) is 0. The molecule has 25 heavy (non-hydrogen) atoms. The number of rotatable bonds is 2. The molecule has 1 aromatic carbocycles. The van der Waals surface area contributed by atoms with Gasteiger partial charge in [0.15, 0.2) is 0 Å². The third-order valence-corrected chi connectivity index (χ3v) is 5.38. The maximum atomic E-state index is 13.0. The van der Waals surface area contributed by atoms with Gasteiger partial charge >= 0.3 is 0 Å². The highest BCUT2D eigenvalue weighted by atomic mass is 16.2. The number of pyridine rings is 1. The van der Waals surface area contributed by atoms with Crippen LogP contribution in [0.15, 0.2) is 47.3 Å². The summed E-state index contributed by atoms with van der Waals surface area (Å²) in [6.07, 6.45) is 1.06. The fourth-order valence-corrected chi connectivity index (χ4v) is 4.16. The number of hydrogen-bond acceptors (Lipinski definition) is 3. The van der Waals surface area contributed by atoms with E-state index in [-0.39, 0.29) is 17.4 Å². The Morgan fingerprint density at radius 3 is 2.68 bits per heavy atom. The number of carbonyl (C=O) groups is 1. The van der Waals surface area contributed by atoms with Crippen LogP contribution < -0.4 is 10.5 Å². The minimum absolute atomic E-state index is 0.0747. The second-order valence-corrected chi connectivity index (χ2v) is 7.35. The molecule has 5 nitrogen and oxygen atoms in total. The van der Waals surface area contributed by atoms with Crippen LogP contribution in [0.2, 0.25) is 0 Å². The molecule has 0 spiro atoms. The van der Waals surface area contributed by atoms with E-state index in [2.05, 4.69) is 0 Å². The summed E-state index contributed by atoms with van der Waals surface area (Å²) in [6.45, 7) is 2.13. The SMILES string of the molecule is CN(C)c1cccc(C(=O)N2C[C@@H]3C[C@H](C2)c2cccc(=O)n2C3)c1. The first-order valence-corrected chi connectivity index (χ1v) is 8.79. The molecule has 5 heteroatoms. The van der Waals surface area contributed by atoms with Crippen molar-refractivity contribution in [2.75, 3.05) is 32.1 Å². The van der Waals surface area contributed by atoms with Gasteiger partial charge in [-0.3, -0.25) is 9.59 Å². The van der Waals surface area contributed by atoms with Gasteiger partial charge in [0.05, 0.1) is 0 Å². The lowest BCUT2D eigenvalue weighted by Crippen LogP contribution is -2.49. The van der Waals surface area contributed by atoms with Gasteiger partial charge in [-0.15, -0.1) is 0 Å². The number of anilines is 1. The molecule has 0 N–H and O–H groups in total. The predicted molar refractivity (Wildman–Crippen MR) is 98.2 cm³/mol. The Hall–Kier alpha value is -2.56. The van der Waals surface area contributed by atoms with Gasteiger partial charge in [0, 0.05) is 62.7 Å². The molecule has 2 atom stereocenters. The van der Waals surface area contributed by atoms with Gasteiger partial charge in [-0.2, -0.15) is 0 Å². The van der Waals surface area contributed by atoms with Crippen LogP contribution in [0.1, 0.15) is 28.4 Å². The first-order valence-electron chi connectivity index (χ1n) is 8.79. The third kappa shape index (κ3) is 2.84. The van der Waals surface area contributed by atoms with E-state index in [9.17, 15) is 9.59 Å². The number of likely N-dealkylation sites (tertiary alicyclic amines) is 1. The third-order valence-electron chi connectivity index (χ3n) is 5.38. The Bertz CT molecular complexity index is 871. The highest BCUT2D eigenvalue weighted by Crippen LogP contribution is 2.35. The Labute approximate surface area is 147 Å². The first-order chi connectivity index (χ1) is 12.0. The van der Waals surface area contributed by atoms with Crippen LogP contribution in [0.25, 0.3) is 0 Å². The van der Waals surface area contributed by atoms with Gasteiger partial charge in [0.1, 0.15) is 0 Å². The van der Waals surface area contributed by atoms with Crippen LogP contribution in [0, 0.1) is 5.92 Å². The molecule has 0 unspecified atom stereocenters. The number of aromatic nitrogens is 1. The zero-order chi connectivity index (χ0) is 17.6. The number of carbonyl (C=O) groups excluding carboxylic acids is 1. The van der Waals surface area contributed by atoms with E-state index in [0.717, 1.165) is 29.9 Å². The monoisotopic (exact) mass is 337 g/mol. The Morgan fingerprint density at radius 2 is 1.88 bits per heavy atom. The molecule has 0 radical (unpaired) electrons. The minimum Gasteiger partial charge on any atom is -0.378 e. The van der Waals surface area contributed by atoms with E-state index in [1.165, 1.54) is 0 Å². The van der Waals surface area contributed by atoms with Crippen molar-refractivity contribution >= 4 is 11.6 Å². The van der Waals surface area contributed by atoms with Crippen molar-refractivity contribution in [1.29, 1.82) is 0 Å². The number of fused-ring (bicyclic) bond motifs is 4. The maximum Gasteiger partial charge on any atom is 0.253 e. The molecule has 2 aromatic rings. The van der Waals surface area contributed by atoms with Gasteiger partial charge < -0.3 is 14.4 Å². The Kier molecular flexibility index (Phi) is 3.86. The second-order valence-electron chi connectivity index (χ2n) is 7.35. The Balaban J connectivity index is 1.61. The molecule has 0 saturated carbocycles. The van der Waals surface area contributed by atoms with Crippen molar-refractivity contribution in [3.63, 3.8) is 0 Å². The summed E-state index contributed by atoms with van der Waals surface area (Å²) in [5.74, 6) is 0.694. The van der Waals surface area contributed by atoms with Crippen molar-refractivity contribution in [3.05, 3.63) is 64.1 Å². The smallest absolute Gasteiger partial charge is 0.253 e. The molecule has 2 aliphatic rings. The predicted octanol–water partition coefficient (Wildman–Crippen LogP) is 2.17. The average molecular weight is 337 g/mol. The van der Waals surface area contributed by atoms with Gasteiger partial charge in [0.25, 0.3) is 11.5 Å². The summed E-state index contributed by atoms with van der Waals surface area (Å²) in [4.78, 5) is 29.1.